The molecular formula is C29H42N4O. The number of benzene rings is 2. The zero-order chi connectivity index (χ0) is 23.7. The van der Waals surface area contributed by atoms with Gasteiger partial charge >= 0.3 is 0 Å². The second-order valence-corrected chi connectivity index (χ2v) is 9.28. The molecule has 5 heteroatoms. The van der Waals surface area contributed by atoms with Crippen LogP contribution in [0.5, 0.6) is 5.75 Å². The molecule has 5 nitrogen and oxygen atoms in total. The number of aromatic nitrogens is 4. The van der Waals surface area contributed by atoms with Gasteiger partial charge in [0.25, 0.3) is 0 Å². The van der Waals surface area contributed by atoms with Crippen LogP contribution in [0.2, 0.25) is 0 Å². The fourth-order valence-corrected chi connectivity index (χ4v) is 4.33. The zero-order valence-corrected chi connectivity index (χ0v) is 21.0. The van der Waals surface area contributed by atoms with E-state index in [1.807, 2.05) is 12.1 Å². The first kappa shape index (κ1) is 25.9. The lowest BCUT2D eigenvalue weighted by Gasteiger charge is -2.08. The molecule has 0 radical (unpaired) electrons. The molecular weight excluding hydrogens is 420 g/mol. The minimum absolute atomic E-state index is 0.610. The standard InChI is InChI=1S/C29H42N4O/c1-2-3-4-5-6-7-8-9-10-11-12-13-14-15-24-34-28-22-20-26(21-23-28)25-16-18-27(19-17-25)29-30-32-33-31-29/h16-23H,2-15,24H2,1H3,(H,30,31,32,33). The molecule has 0 aliphatic heterocycles. The first-order valence-corrected chi connectivity index (χ1v) is 13.4. The van der Waals surface area contributed by atoms with Crippen molar-refractivity contribution in [1.82, 2.24) is 20.6 Å². The fourth-order valence-electron chi connectivity index (χ4n) is 4.33. The molecule has 0 saturated carbocycles. The smallest absolute Gasteiger partial charge is 0.204 e. The van der Waals surface area contributed by atoms with E-state index in [4.69, 9.17) is 4.74 Å². The van der Waals surface area contributed by atoms with Gasteiger partial charge in [0.1, 0.15) is 5.75 Å². The maximum absolute atomic E-state index is 5.95. The van der Waals surface area contributed by atoms with E-state index in [0.717, 1.165) is 29.9 Å². The largest absolute Gasteiger partial charge is 0.494 e. The summed E-state index contributed by atoms with van der Waals surface area (Å²) in [5, 5.41) is 14.1. The number of tetrazole rings is 1. The van der Waals surface area contributed by atoms with Gasteiger partial charge in [0, 0.05) is 5.56 Å². The van der Waals surface area contributed by atoms with Crippen LogP contribution in [0.4, 0.5) is 0 Å². The second-order valence-electron chi connectivity index (χ2n) is 9.28. The second kappa shape index (κ2) is 16.0. The van der Waals surface area contributed by atoms with Crippen LogP contribution < -0.4 is 4.74 Å². The normalized spacial score (nSPS) is 11.1. The molecule has 0 aliphatic rings. The average Bonchev–Trinajstić information content (AvgIpc) is 3.42. The number of rotatable bonds is 18. The molecule has 3 aromatic rings. The van der Waals surface area contributed by atoms with Gasteiger partial charge in [-0.05, 0) is 34.9 Å². The molecule has 0 bridgehead atoms. The Balaban J connectivity index is 1.19. The monoisotopic (exact) mass is 462 g/mol. The lowest BCUT2D eigenvalue weighted by atomic mass is 10.0. The molecule has 0 amide bonds. The number of unbranched alkanes of at least 4 members (excludes halogenated alkanes) is 13. The SMILES string of the molecule is CCCCCCCCCCCCCCCCOc1ccc(-c2ccc(-c3nn[nH]n3)cc2)cc1. The summed E-state index contributed by atoms with van der Waals surface area (Å²) in [6.45, 7) is 3.09. The zero-order valence-electron chi connectivity index (χ0n) is 21.0. The third-order valence-electron chi connectivity index (χ3n) is 6.44. The highest BCUT2D eigenvalue weighted by molar-refractivity contribution is 5.67. The van der Waals surface area contributed by atoms with Crippen molar-refractivity contribution in [3.05, 3.63) is 48.5 Å². The molecule has 1 N–H and O–H groups in total. The Bertz CT molecular complexity index is 876. The van der Waals surface area contributed by atoms with Crippen LogP contribution in [0.3, 0.4) is 0 Å². The van der Waals surface area contributed by atoms with Crippen LogP contribution in [0.15, 0.2) is 48.5 Å². The Morgan fingerprint density at radius 2 is 1.06 bits per heavy atom. The Labute approximate surface area is 205 Å². The van der Waals surface area contributed by atoms with Crippen molar-refractivity contribution in [2.24, 2.45) is 0 Å². The maximum Gasteiger partial charge on any atom is 0.204 e. The van der Waals surface area contributed by atoms with Gasteiger partial charge in [0.05, 0.1) is 6.61 Å². The fraction of sp³-hybridized carbons (Fsp3) is 0.552. The van der Waals surface area contributed by atoms with Crippen molar-refractivity contribution in [3.63, 3.8) is 0 Å². The lowest BCUT2D eigenvalue weighted by molar-refractivity contribution is 0.304. The first-order valence-electron chi connectivity index (χ1n) is 13.4. The number of hydrogen-bond donors (Lipinski definition) is 1. The van der Waals surface area contributed by atoms with Crippen molar-refractivity contribution in [3.8, 4) is 28.3 Å². The highest BCUT2D eigenvalue weighted by Gasteiger charge is 2.04. The molecule has 0 unspecified atom stereocenters. The molecule has 0 spiro atoms. The number of nitrogens with zero attached hydrogens (tertiary/aromatic N) is 3. The summed E-state index contributed by atoms with van der Waals surface area (Å²) in [6.07, 6.45) is 19.3. The minimum Gasteiger partial charge on any atom is -0.494 e. The summed E-state index contributed by atoms with van der Waals surface area (Å²) in [6, 6.07) is 16.5. The molecule has 0 aliphatic carbocycles. The average molecular weight is 463 g/mol. The van der Waals surface area contributed by atoms with Gasteiger partial charge in [-0.15, -0.1) is 10.2 Å². The lowest BCUT2D eigenvalue weighted by Crippen LogP contribution is -1.97. The minimum atomic E-state index is 0.610. The number of ether oxygens (including phenoxy) is 1. The van der Waals surface area contributed by atoms with Gasteiger partial charge in [-0.2, -0.15) is 5.21 Å². The summed E-state index contributed by atoms with van der Waals surface area (Å²) in [7, 11) is 0. The van der Waals surface area contributed by atoms with Gasteiger partial charge in [0.2, 0.25) is 5.82 Å². The van der Waals surface area contributed by atoms with Gasteiger partial charge in [0.15, 0.2) is 0 Å². The molecule has 34 heavy (non-hydrogen) atoms. The third kappa shape index (κ3) is 9.66. The van der Waals surface area contributed by atoms with E-state index in [-0.39, 0.29) is 0 Å². The van der Waals surface area contributed by atoms with E-state index in [9.17, 15) is 0 Å². The van der Waals surface area contributed by atoms with Crippen LogP contribution >= 0.6 is 0 Å². The Kier molecular flexibility index (Phi) is 12.2. The molecule has 3 rings (SSSR count). The predicted octanol–water partition coefficient (Wildman–Crippen LogP) is 8.39. The molecule has 1 aromatic heterocycles. The van der Waals surface area contributed by atoms with E-state index in [1.54, 1.807) is 0 Å². The summed E-state index contributed by atoms with van der Waals surface area (Å²) in [4.78, 5) is 0. The van der Waals surface area contributed by atoms with Crippen LogP contribution in [0.25, 0.3) is 22.5 Å². The van der Waals surface area contributed by atoms with E-state index in [1.165, 1.54) is 89.0 Å². The molecule has 0 saturated heterocycles. The van der Waals surface area contributed by atoms with E-state index >= 15 is 0 Å². The number of H-pyrrole nitrogens is 1. The Morgan fingerprint density at radius 3 is 1.56 bits per heavy atom. The Morgan fingerprint density at radius 1 is 0.588 bits per heavy atom. The maximum atomic E-state index is 5.95. The van der Waals surface area contributed by atoms with Gasteiger partial charge < -0.3 is 4.74 Å². The molecule has 184 valence electrons. The highest BCUT2D eigenvalue weighted by atomic mass is 16.5. The van der Waals surface area contributed by atoms with E-state index in [2.05, 4.69) is 63.9 Å². The van der Waals surface area contributed by atoms with Crippen LogP contribution in [0.1, 0.15) is 96.8 Å². The molecule has 0 atom stereocenters. The Hall–Kier alpha value is -2.69. The highest BCUT2D eigenvalue weighted by Crippen LogP contribution is 2.25. The van der Waals surface area contributed by atoms with Crippen LogP contribution in [-0.2, 0) is 0 Å². The van der Waals surface area contributed by atoms with Crippen LogP contribution in [-0.4, -0.2) is 27.2 Å². The summed E-state index contributed by atoms with van der Waals surface area (Å²) in [5.41, 5.74) is 3.28. The quantitative estimate of drug-likeness (QED) is 0.193. The predicted molar refractivity (Wildman–Crippen MR) is 141 cm³/mol. The van der Waals surface area contributed by atoms with E-state index in [0.29, 0.717) is 5.82 Å². The van der Waals surface area contributed by atoms with Gasteiger partial charge in [-0.3, -0.25) is 0 Å². The van der Waals surface area contributed by atoms with Crippen molar-refractivity contribution < 1.29 is 4.74 Å². The number of nitrogens with one attached hydrogen (secondary N) is 1. The van der Waals surface area contributed by atoms with Crippen molar-refractivity contribution in [2.75, 3.05) is 6.61 Å². The van der Waals surface area contributed by atoms with Gasteiger partial charge in [-0.1, -0.05) is 127 Å². The molecule has 1 heterocycles. The van der Waals surface area contributed by atoms with Gasteiger partial charge in [-0.25, -0.2) is 0 Å². The molecule has 0 fully saturated rings. The third-order valence-corrected chi connectivity index (χ3v) is 6.44. The molecule has 2 aromatic carbocycles. The van der Waals surface area contributed by atoms with Crippen LogP contribution in [0, 0.1) is 0 Å². The first-order chi connectivity index (χ1) is 16.9. The summed E-state index contributed by atoms with van der Waals surface area (Å²) >= 11 is 0. The van der Waals surface area contributed by atoms with Crippen molar-refractivity contribution in [2.45, 2.75) is 96.8 Å². The summed E-state index contributed by atoms with van der Waals surface area (Å²) < 4.78 is 5.95. The van der Waals surface area contributed by atoms with Crippen molar-refractivity contribution in [1.29, 1.82) is 0 Å². The van der Waals surface area contributed by atoms with Crippen molar-refractivity contribution >= 4 is 0 Å². The topological polar surface area (TPSA) is 63.7 Å². The number of aromatic amines is 1. The summed E-state index contributed by atoms with van der Waals surface area (Å²) in [5.74, 6) is 1.56. The number of hydrogen-bond acceptors (Lipinski definition) is 4. The van der Waals surface area contributed by atoms with E-state index < -0.39 is 0 Å².